The standard InChI is InChI=1S/C14H17N3O4/c18-12-8-10(16-14(21)15-7-6-13(19)20)9-17(12)11-4-2-1-3-5-11/h1-5,10H,6-9H2,(H,19,20)(H2,15,16,21). The number of amides is 3. The Morgan fingerprint density at radius 3 is 2.67 bits per heavy atom. The Balaban J connectivity index is 1.83. The van der Waals surface area contributed by atoms with Gasteiger partial charge in [0.2, 0.25) is 5.91 Å². The van der Waals surface area contributed by atoms with Gasteiger partial charge in [0.1, 0.15) is 0 Å². The highest BCUT2D eigenvalue weighted by Gasteiger charge is 2.31. The van der Waals surface area contributed by atoms with Gasteiger partial charge in [0.05, 0.1) is 12.5 Å². The molecule has 1 fully saturated rings. The first kappa shape index (κ1) is 14.8. The minimum atomic E-state index is -0.971. The predicted molar refractivity (Wildman–Crippen MR) is 76.0 cm³/mol. The number of aliphatic carboxylic acids is 1. The lowest BCUT2D eigenvalue weighted by Crippen LogP contribution is -2.43. The molecule has 0 aliphatic carbocycles. The Morgan fingerprint density at radius 1 is 1.29 bits per heavy atom. The van der Waals surface area contributed by atoms with Crippen LogP contribution in [0.1, 0.15) is 12.8 Å². The molecule has 0 radical (unpaired) electrons. The monoisotopic (exact) mass is 291 g/mol. The fourth-order valence-corrected chi connectivity index (χ4v) is 2.18. The Kier molecular flexibility index (Phi) is 4.76. The topological polar surface area (TPSA) is 98.7 Å². The largest absolute Gasteiger partial charge is 0.481 e. The lowest BCUT2D eigenvalue weighted by Gasteiger charge is -2.17. The van der Waals surface area contributed by atoms with Gasteiger partial charge in [-0.05, 0) is 12.1 Å². The van der Waals surface area contributed by atoms with Gasteiger partial charge in [0, 0.05) is 25.2 Å². The van der Waals surface area contributed by atoms with E-state index in [1.807, 2.05) is 30.3 Å². The van der Waals surface area contributed by atoms with Crippen LogP contribution < -0.4 is 15.5 Å². The number of nitrogens with zero attached hydrogens (tertiary/aromatic N) is 1. The highest BCUT2D eigenvalue weighted by molar-refractivity contribution is 5.96. The van der Waals surface area contributed by atoms with E-state index in [1.165, 1.54) is 0 Å². The van der Waals surface area contributed by atoms with Crippen LogP contribution in [0, 0.1) is 0 Å². The molecule has 1 atom stereocenters. The second kappa shape index (κ2) is 6.74. The van der Waals surface area contributed by atoms with Gasteiger partial charge < -0.3 is 20.6 Å². The molecule has 1 aromatic carbocycles. The second-order valence-electron chi connectivity index (χ2n) is 4.78. The average molecular weight is 291 g/mol. The Bertz CT molecular complexity index is 532. The maximum Gasteiger partial charge on any atom is 0.315 e. The number of carbonyl (C=O) groups is 3. The first-order valence-corrected chi connectivity index (χ1v) is 6.68. The third-order valence-corrected chi connectivity index (χ3v) is 3.15. The summed E-state index contributed by atoms with van der Waals surface area (Å²) < 4.78 is 0. The first-order valence-electron chi connectivity index (χ1n) is 6.68. The van der Waals surface area contributed by atoms with Crippen LogP contribution in [-0.2, 0) is 9.59 Å². The molecular formula is C14H17N3O4. The van der Waals surface area contributed by atoms with E-state index in [1.54, 1.807) is 4.90 Å². The van der Waals surface area contributed by atoms with Crippen LogP contribution in [0.15, 0.2) is 30.3 Å². The molecule has 3 amide bonds. The Morgan fingerprint density at radius 2 is 2.00 bits per heavy atom. The SMILES string of the molecule is O=C(O)CCNC(=O)NC1CC(=O)N(c2ccccc2)C1. The summed E-state index contributed by atoms with van der Waals surface area (Å²) in [5.74, 6) is -1.02. The fraction of sp³-hybridized carbons (Fsp3) is 0.357. The summed E-state index contributed by atoms with van der Waals surface area (Å²) in [5.41, 5.74) is 0.804. The third-order valence-electron chi connectivity index (χ3n) is 3.15. The number of benzene rings is 1. The molecule has 1 unspecified atom stereocenters. The molecule has 1 aliphatic rings. The van der Waals surface area contributed by atoms with Crippen LogP contribution in [0.2, 0.25) is 0 Å². The van der Waals surface area contributed by atoms with E-state index < -0.39 is 12.0 Å². The van der Waals surface area contributed by atoms with Crippen molar-refractivity contribution >= 4 is 23.6 Å². The first-order chi connectivity index (χ1) is 10.1. The molecular weight excluding hydrogens is 274 g/mol. The molecule has 3 N–H and O–H groups in total. The van der Waals surface area contributed by atoms with Gasteiger partial charge in [-0.2, -0.15) is 0 Å². The zero-order valence-electron chi connectivity index (χ0n) is 11.4. The predicted octanol–water partition coefficient (Wildman–Crippen LogP) is 0.566. The summed E-state index contributed by atoms with van der Waals surface area (Å²) in [6, 6.07) is 8.52. The van der Waals surface area contributed by atoms with E-state index in [0.717, 1.165) is 5.69 Å². The molecule has 2 rings (SSSR count). The van der Waals surface area contributed by atoms with Gasteiger partial charge in [-0.1, -0.05) is 18.2 Å². The van der Waals surface area contributed by atoms with E-state index in [0.29, 0.717) is 6.54 Å². The highest BCUT2D eigenvalue weighted by atomic mass is 16.4. The maximum atomic E-state index is 11.9. The van der Waals surface area contributed by atoms with Crippen molar-refractivity contribution < 1.29 is 19.5 Å². The van der Waals surface area contributed by atoms with Crippen LogP contribution >= 0.6 is 0 Å². The highest BCUT2D eigenvalue weighted by Crippen LogP contribution is 2.20. The van der Waals surface area contributed by atoms with Gasteiger partial charge in [-0.25, -0.2) is 4.79 Å². The average Bonchev–Trinajstić information content (AvgIpc) is 2.80. The summed E-state index contributed by atoms with van der Waals surface area (Å²) in [4.78, 5) is 35.5. The number of nitrogens with one attached hydrogen (secondary N) is 2. The van der Waals surface area contributed by atoms with Crippen LogP contribution in [-0.4, -0.2) is 42.1 Å². The normalized spacial score (nSPS) is 17.6. The molecule has 1 aromatic rings. The van der Waals surface area contributed by atoms with E-state index >= 15 is 0 Å². The number of urea groups is 1. The van der Waals surface area contributed by atoms with Crippen LogP contribution in [0.5, 0.6) is 0 Å². The van der Waals surface area contributed by atoms with Crippen molar-refractivity contribution in [2.45, 2.75) is 18.9 Å². The Labute approximate surface area is 121 Å². The molecule has 1 aliphatic heterocycles. The smallest absolute Gasteiger partial charge is 0.315 e. The van der Waals surface area contributed by atoms with E-state index in [2.05, 4.69) is 10.6 Å². The minimum Gasteiger partial charge on any atom is -0.481 e. The van der Waals surface area contributed by atoms with Crippen molar-refractivity contribution in [3.8, 4) is 0 Å². The molecule has 0 bridgehead atoms. The minimum absolute atomic E-state index is 0.0444. The van der Waals surface area contributed by atoms with E-state index in [-0.39, 0.29) is 31.3 Å². The zero-order chi connectivity index (χ0) is 15.2. The van der Waals surface area contributed by atoms with E-state index in [4.69, 9.17) is 5.11 Å². The summed E-state index contributed by atoms with van der Waals surface area (Å²) in [5, 5.41) is 13.6. The fourth-order valence-electron chi connectivity index (χ4n) is 2.18. The maximum absolute atomic E-state index is 11.9. The van der Waals surface area contributed by atoms with Crippen LogP contribution in [0.25, 0.3) is 0 Å². The summed E-state index contributed by atoms with van der Waals surface area (Å²) in [6.07, 6.45) is 0.106. The summed E-state index contributed by atoms with van der Waals surface area (Å²) in [6.45, 7) is 0.472. The molecule has 7 heteroatoms. The van der Waals surface area contributed by atoms with Gasteiger partial charge >= 0.3 is 12.0 Å². The molecule has 1 heterocycles. The van der Waals surface area contributed by atoms with Crippen molar-refractivity contribution in [2.75, 3.05) is 18.0 Å². The number of anilines is 1. The van der Waals surface area contributed by atoms with Crippen molar-refractivity contribution in [3.05, 3.63) is 30.3 Å². The number of carbonyl (C=O) groups excluding carboxylic acids is 2. The number of carboxylic acids is 1. The van der Waals surface area contributed by atoms with Gasteiger partial charge in [0.15, 0.2) is 0 Å². The van der Waals surface area contributed by atoms with Crippen LogP contribution in [0.4, 0.5) is 10.5 Å². The Hall–Kier alpha value is -2.57. The molecule has 112 valence electrons. The second-order valence-corrected chi connectivity index (χ2v) is 4.78. The lowest BCUT2D eigenvalue weighted by atomic mass is 10.2. The molecule has 0 spiro atoms. The number of para-hydroxylation sites is 1. The van der Waals surface area contributed by atoms with Crippen molar-refractivity contribution in [2.24, 2.45) is 0 Å². The van der Waals surface area contributed by atoms with Gasteiger partial charge in [0.25, 0.3) is 0 Å². The number of rotatable bonds is 5. The molecule has 0 saturated carbocycles. The summed E-state index contributed by atoms with van der Waals surface area (Å²) in [7, 11) is 0. The number of hydrogen-bond donors (Lipinski definition) is 3. The van der Waals surface area contributed by atoms with E-state index in [9.17, 15) is 14.4 Å². The molecule has 0 aromatic heterocycles. The van der Waals surface area contributed by atoms with Gasteiger partial charge in [-0.3, -0.25) is 9.59 Å². The summed E-state index contributed by atoms with van der Waals surface area (Å²) >= 11 is 0. The van der Waals surface area contributed by atoms with Crippen molar-refractivity contribution in [3.63, 3.8) is 0 Å². The number of hydrogen-bond acceptors (Lipinski definition) is 3. The third kappa shape index (κ3) is 4.20. The lowest BCUT2D eigenvalue weighted by molar-refractivity contribution is -0.136. The zero-order valence-corrected chi connectivity index (χ0v) is 11.4. The van der Waals surface area contributed by atoms with Crippen molar-refractivity contribution in [1.29, 1.82) is 0 Å². The molecule has 21 heavy (non-hydrogen) atoms. The van der Waals surface area contributed by atoms with Crippen molar-refractivity contribution in [1.82, 2.24) is 10.6 Å². The molecule has 7 nitrogen and oxygen atoms in total. The van der Waals surface area contributed by atoms with Gasteiger partial charge in [-0.15, -0.1) is 0 Å². The van der Waals surface area contributed by atoms with Crippen LogP contribution in [0.3, 0.4) is 0 Å². The molecule has 1 saturated heterocycles. The number of carboxylic acid groups (broad SMARTS) is 1. The quantitative estimate of drug-likeness (QED) is 0.738.